The molecule has 0 radical (unpaired) electrons. The smallest absolute Gasteiger partial charge is 0.198 e. The molecule has 3 rings (SSSR count). The first kappa shape index (κ1) is 17.4. The molecular formula is C20H23N3OS. The summed E-state index contributed by atoms with van der Waals surface area (Å²) in [4.78, 5) is 6.96. The van der Waals surface area contributed by atoms with Gasteiger partial charge >= 0.3 is 0 Å². The van der Waals surface area contributed by atoms with Crippen molar-refractivity contribution in [1.82, 2.24) is 0 Å². The number of aryl methyl sites for hydroxylation is 1. The molecule has 5 heteroatoms. The zero-order valence-corrected chi connectivity index (χ0v) is 15.7. The van der Waals surface area contributed by atoms with E-state index in [0.717, 1.165) is 36.7 Å². The third kappa shape index (κ3) is 3.99. The Kier molecular flexibility index (Phi) is 5.34. The summed E-state index contributed by atoms with van der Waals surface area (Å²) in [6.45, 7) is 5.28. The maximum atomic E-state index is 5.44. The van der Waals surface area contributed by atoms with Crippen molar-refractivity contribution in [2.45, 2.75) is 26.7 Å². The van der Waals surface area contributed by atoms with Gasteiger partial charge < -0.3 is 15.0 Å². The second-order valence-corrected chi connectivity index (χ2v) is 6.55. The van der Waals surface area contributed by atoms with Crippen molar-refractivity contribution in [2.24, 2.45) is 4.99 Å². The van der Waals surface area contributed by atoms with Crippen LogP contribution >= 0.6 is 12.2 Å². The quantitative estimate of drug-likeness (QED) is 0.811. The predicted molar refractivity (Wildman–Crippen MR) is 109 cm³/mol. The summed E-state index contributed by atoms with van der Waals surface area (Å²) in [7, 11) is 1.65. The Balaban J connectivity index is 1.76. The number of benzene rings is 2. The maximum Gasteiger partial charge on any atom is 0.198 e. The highest BCUT2D eigenvalue weighted by Crippen LogP contribution is 2.27. The molecule has 2 aromatic carbocycles. The van der Waals surface area contributed by atoms with Crippen LogP contribution in [-0.4, -0.2) is 24.6 Å². The van der Waals surface area contributed by atoms with Crippen molar-refractivity contribution in [3.63, 3.8) is 0 Å². The van der Waals surface area contributed by atoms with Crippen LogP contribution in [0.2, 0.25) is 0 Å². The summed E-state index contributed by atoms with van der Waals surface area (Å²) in [6.07, 6.45) is 2.04. The van der Waals surface area contributed by atoms with Gasteiger partial charge in [-0.25, -0.2) is 4.99 Å². The minimum Gasteiger partial charge on any atom is -0.497 e. The van der Waals surface area contributed by atoms with Crippen LogP contribution in [0.3, 0.4) is 0 Å². The summed E-state index contributed by atoms with van der Waals surface area (Å²) in [5, 5.41) is 3.66. The highest BCUT2D eigenvalue weighted by Gasteiger charge is 2.22. The number of methoxy groups -OCH3 is 1. The number of hydrogen-bond acceptors (Lipinski definition) is 2. The largest absolute Gasteiger partial charge is 0.497 e. The molecule has 2 aromatic rings. The zero-order chi connectivity index (χ0) is 17.8. The normalized spacial score (nSPS) is 15.5. The Labute approximate surface area is 154 Å². The van der Waals surface area contributed by atoms with Gasteiger partial charge in [0.1, 0.15) is 11.6 Å². The van der Waals surface area contributed by atoms with Crippen molar-refractivity contribution in [2.75, 3.05) is 23.9 Å². The van der Waals surface area contributed by atoms with E-state index in [0.29, 0.717) is 5.11 Å². The lowest BCUT2D eigenvalue weighted by Gasteiger charge is -2.22. The van der Waals surface area contributed by atoms with E-state index in [4.69, 9.17) is 17.0 Å². The Morgan fingerprint density at radius 1 is 1.16 bits per heavy atom. The van der Waals surface area contributed by atoms with Crippen LogP contribution in [0.4, 0.5) is 11.4 Å². The molecule has 0 aliphatic carbocycles. The van der Waals surface area contributed by atoms with Crippen molar-refractivity contribution in [3.05, 3.63) is 53.6 Å². The van der Waals surface area contributed by atoms with Gasteiger partial charge in [-0.15, -0.1) is 0 Å². The second kappa shape index (κ2) is 7.66. The third-order valence-corrected chi connectivity index (χ3v) is 4.73. The van der Waals surface area contributed by atoms with E-state index < -0.39 is 0 Å². The summed E-state index contributed by atoms with van der Waals surface area (Å²) >= 11 is 5.44. The number of anilines is 2. The van der Waals surface area contributed by atoms with E-state index >= 15 is 0 Å². The molecule has 0 unspecified atom stereocenters. The fourth-order valence-corrected chi connectivity index (χ4v) is 3.23. The molecule has 1 aliphatic heterocycles. The molecule has 4 nitrogen and oxygen atoms in total. The molecule has 0 amide bonds. The van der Waals surface area contributed by atoms with Crippen LogP contribution in [0, 0.1) is 13.8 Å². The van der Waals surface area contributed by atoms with E-state index in [1.807, 2.05) is 24.3 Å². The van der Waals surface area contributed by atoms with Gasteiger partial charge in [-0.3, -0.25) is 0 Å². The fraction of sp³-hybridized carbons (Fsp3) is 0.300. The van der Waals surface area contributed by atoms with Gasteiger partial charge in [-0.2, -0.15) is 0 Å². The van der Waals surface area contributed by atoms with E-state index in [1.54, 1.807) is 7.11 Å². The number of rotatable bonds is 3. The molecule has 1 aliphatic rings. The minimum absolute atomic E-state index is 0.484. The number of ether oxygens (including phenoxy) is 1. The Bertz CT molecular complexity index is 799. The van der Waals surface area contributed by atoms with Gasteiger partial charge in [0.15, 0.2) is 5.11 Å². The van der Waals surface area contributed by atoms with Gasteiger partial charge in [-0.05, 0) is 73.9 Å². The van der Waals surface area contributed by atoms with Crippen LogP contribution in [0.25, 0.3) is 0 Å². The molecule has 25 heavy (non-hydrogen) atoms. The fourth-order valence-electron chi connectivity index (χ4n) is 3.01. The van der Waals surface area contributed by atoms with E-state index in [-0.39, 0.29) is 0 Å². The minimum atomic E-state index is 0.484. The van der Waals surface area contributed by atoms with Crippen molar-refractivity contribution in [3.8, 4) is 5.75 Å². The Morgan fingerprint density at radius 2 is 1.92 bits per heavy atom. The highest BCUT2D eigenvalue weighted by atomic mass is 32.1. The Morgan fingerprint density at radius 3 is 2.64 bits per heavy atom. The van der Waals surface area contributed by atoms with Crippen LogP contribution in [-0.2, 0) is 0 Å². The molecule has 130 valence electrons. The summed E-state index contributed by atoms with van der Waals surface area (Å²) in [5.74, 6) is 1.85. The summed E-state index contributed by atoms with van der Waals surface area (Å²) in [6, 6.07) is 14.1. The number of amidine groups is 1. The zero-order valence-electron chi connectivity index (χ0n) is 14.9. The first-order valence-electron chi connectivity index (χ1n) is 8.45. The average Bonchev–Trinajstić information content (AvgIpc) is 3.05. The molecule has 1 saturated heterocycles. The molecule has 0 spiro atoms. The molecule has 0 atom stereocenters. The average molecular weight is 353 g/mol. The maximum absolute atomic E-state index is 5.44. The molecule has 1 heterocycles. The van der Waals surface area contributed by atoms with Gasteiger partial charge in [0.05, 0.1) is 7.11 Å². The second-order valence-electron chi connectivity index (χ2n) is 6.16. The lowest BCUT2D eigenvalue weighted by molar-refractivity contribution is 0.415. The molecule has 0 bridgehead atoms. The number of nitrogens with one attached hydrogen (secondary N) is 1. The van der Waals surface area contributed by atoms with Gasteiger partial charge in [0, 0.05) is 24.3 Å². The SMILES string of the molecule is COc1ccc(NC(=S)/N=C2\CCCN2c2cccc(C)c2C)cc1. The highest BCUT2D eigenvalue weighted by molar-refractivity contribution is 7.80. The van der Waals surface area contributed by atoms with E-state index in [2.05, 4.69) is 47.3 Å². The predicted octanol–water partition coefficient (Wildman–Crippen LogP) is 4.71. The summed E-state index contributed by atoms with van der Waals surface area (Å²) in [5.41, 5.74) is 4.73. The number of thiocarbonyl (C=S) groups is 1. The number of aliphatic imine (C=N–C) groups is 1. The molecule has 1 N–H and O–H groups in total. The lowest BCUT2D eigenvalue weighted by Crippen LogP contribution is -2.26. The van der Waals surface area contributed by atoms with E-state index in [1.165, 1.54) is 16.8 Å². The van der Waals surface area contributed by atoms with Crippen molar-refractivity contribution >= 4 is 34.5 Å². The van der Waals surface area contributed by atoms with Crippen LogP contribution < -0.4 is 15.0 Å². The molecule has 0 saturated carbocycles. The van der Waals surface area contributed by atoms with E-state index in [9.17, 15) is 0 Å². The van der Waals surface area contributed by atoms with Crippen molar-refractivity contribution < 1.29 is 4.74 Å². The van der Waals surface area contributed by atoms with Crippen LogP contribution in [0.1, 0.15) is 24.0 Å². The number of nitrogens with zero attached hydrogens (tertiary/aromatic N) is 2. The topological polar surface area (TPSA) is 36.9 Å². The lowest BCUT2D eigenvalue weighted by atomic mass is 10.1. The summed E-state index contributed by atoms with van der Waals surface area (Å²) < 4.78 is 5.17. The molecule has 0 aromatic heterocycles. The standard InChI is InChI=1S/C20H23N3OS/c1-14-6-4-7-18(15(14)2)23-13-5-8-19(23)22-20(25)21-16-9-11-17(24-3)12-10-16/h4,6-7,9-12H,5,8,13H2,1-3H3,(H,21,25)/b22-19+. The number of hydrogen-bond donors (Lipinski definition) is 1. The van der Waals surface area contributed by atoms with Crippen LogP contribution in [0.15, 0.2) is 47.5 Å². The van der Waals surface area contributed by atoms with Gasteiger partial charge in [-0.1, -0.05) is 12.1 Å². The van der Waals surface area contributed by atoms with Gasteiger partial charge in [0.2, 0.25) is 0 Å². The van der Waals surface area contributed by atoms with Crippen LogP contribution in [0.5, 0.6) is 5.75 Å². The van der Waals surface area contributed by atoms with Crippen molar-refractivity contribution in [1.29, 1.82) is 0 Å². The molecular weight excluding hydrogens is 330 g/mol. The van der Waals surface area contributed by atoms with Gasteiger partial charge in [0.25, 0.3) is 0 Å². The first-order valence-corrected chi connectivity index (χ1v) is 8.85. The first-order chi connectivity index (χ1) is 12.1. The molecule has 1 fully saturated rings. The third-order valence-electron chi connectivity index (χ3n) is 4.53. The monoisotopic (exact) mass is 353 g/mol. The Hall–Kier alpha value is -2.40.